The number of anilines is 1. The average molecular weight is 349 g/mol. The summed E-state index contributed by atoms with van der Waals surface area (Å²) >= 11 is 0. The molecule has 7 heteroatoms. The van der Waals surface area contributed by atoms with E-state index in [1.165, 1.54) is 0 Å². The lowest BCUT2D eigenvalue weighted by Crippen LogP contribution is -2.16. The van der Waals surface area contributed by atoms with Crippen LogP contribution in [0, 0.1) is 0 Å². The fraction of sp³-hybridized carbons (Fsp3) is 0.316. The number of nitrogens with zero attached hydrogens (tertiary/aromatic N) is 4. The Balaban J connectivity index is 1.43. The first-order chi connectivity index (χ1) is 12.8. The molecule has 1 atom stereocenters. The van der Waals surface area contributed by atoms with Crippen molar-refractivity contribution in [3.63, 3.8) is 0 Å². The lowest BCUT2D eigenvalue weighted by atomic mass is 10.2. The van der Waals surface area contributed by atoms with Crippen molar-refractivity contribution in [3.8, 4) is 5.88 Å². The van der Waals surface area contributed by atoms with Gasteiger partial charge in [0.15, 0.2) is 5.84 Å². The van der Waals surface area contributed by atoms with E-state index < -0.39 is 0 Å². The molecule has 7 nitrogen and oxygen atoms in total. The highest BCUT2D eigenvalue weighted by Crippen LogP contribution is 2.29. The van der Waals surface area contributed by atoms with Gasteiger partial charge < -0.3 is 14.8 Å². The Morgan fingerprint density at radius 1 is 1.31 bits per heavy atom. The number of hydrogen-bond acceptors (Lipinski definition) is 6. The van der Waals surface area contributed by atoms with Gasteiger partial charge in [0.1, 0.15) is 11.8 Å². The summed E-state index contributed by atoms with van der Waals surface area (Å²) in [5, 5.41) is 8.91. The van der Waals surface area contributed by atoms with Gasteiger partial charge in [-0.15, -0.1) is 5.10 Å². The number of pyridine rings is 1. The highest BCUT2D eigenvalue weighted by molar-refractivity contribution is 6.09. The van der Waals surface area contributed by atoms with E-state index in [9.17, 15) is 0 Å². The van der Waals surface area contributed by atoms with E-state index in [2.05, 4.69) is 32.5 Å². The number of rotatable bonds is 3. The molecule has 2 aliphatic heterocycles. The molecule has 5 rings (SSSR count). The van der Waals surface area contributed by atoms with E-state index in [0.717, 1.165) is 46.7 Å². The molecule has 0 aliphatic carbocycles. The van der Waals surface area contributed by atoms with E-state index >= 15 is 0 Å². The number of fused-ring (bicyclic) bond motifs is 2. The van der Waals surface area contributed by atoms with Crippen LogP contribution in [0.5, 0.6) is 5.88 Å². The molecule has 26 heavy (non-hydrogen) atoms. The first-order valence-corrected chi connectivity index (χ1v) is 8.75. The number of aryl methyl sites for hydroxylation is 1. The summed E-state index contributed by atoms with van der Waals surface area (Å²) in [6.07, 6.45) is 2.78. The maximum Gasteiger partial charge on any atom is 0.241 e. The molecule has 0 amide bonds. The zero-order valence-electron chi connectivity index (χ0n) is 14.5. The second-order valence-corrected chi connectivity index (χ2v) is 6.57. The van der Waals surface area contributed by atoms with E-state index in [4.69, 9.17) is 9.47 Å². The number of nitrogens with one attached hydrogen (secondary N) is 1. The van der Waals surface area contributed by atoms with Crippen molar-refractivity contribution in [2.24, 2.45) is 12.0 Å². The molecule has 1 N–H and O–H groups in total. The van der Waals surface area contributed by atoms with Crippen LogP contribution in [0.3, 0.4) is 0 Å². The van der Waals surface area contributed by atoms with Crippen LogP contribution >= 0.6 is 0 Å². The molecule has 1 saturated heterocycles. The Morgan fingerprint density at radius 3 is 3.15 bits per heavy atom. The minimum Gasteiger partial charge on any atom is -0.470 e. The summed E-state index contributed by atoms with van der Waals surface area (Å²) in [7, 11) is 1.92. The summed E-state index contributed by atoms with van der Waals surface area (Å²) in [5.74, 6) is 1.47. The smallest absolute Gasteiger partial charge is 0.241 e. The van der Waals surface area contributed by atoms with Gasteiger partial charge in [-0.1, -0.05) is 6.07 Å². The van der Waals surface area contributed by atoms with Gasteiger partial charge in [-0.05, 0) is 24.3 Å². The standard InChI is InChI=1S/C19H19N5O2/c1-24-16-9-13(22-18-17-12(10-21-18)3-2-7-20-17)4-5-15(16)19(23-24)26-14-6-8-25-11-14/h2-5,7,9,14H,6,8,10-11H2,1H3,(H,21,22). The minimum atomic E-state index is 0.0846. The number of aliphatic imine (C=N–C) groups is 1. The number of aromatic nitrogens is 3. The van der Waals surface area contributed by atoms with Crippen molar-refractivity contribution in [3.05, 3.63) is 47.8 Å². The largest absolute Gasteiger partial charge is 0.470 e. The minimum absolute atomic E-state index is 0.0846. The molecular weight excluding hydrogens is 330 g/mol. The molecule has 3 aromatic rings. The highest BCUT2D eigenvalue weighted by Gasteiger charge is 2.21. The van der Waals surface area contributed by atoms with Crippen LogP contribution < -0.4 is 10.1 Å². The molecule has 0 spiro atoms. The molecule has 4 heterocycles. The number of amidine groups is 1. The molecule has 2 aromatic heterocycles. The number of benzene rings is 1. The van der Waals surface area contributed by atoms with Crippen molar-refractivity contribution in [2.45, 2.75) is 19.1 Å². The van der Waals surface area contributed by atoms with Gasteiger partial charge in [-0.2, -0.15) is 0 Å². The second-order valence-electron chi connectivity index (χ2n) is 6.57. The van der Waals surface area contributed by atoms with Crippen LogP contribution in [0.15, 0.2) is 41.5 Å². The van der Waals surface area contributed by atoms with Crippen molar-refractivity contribution in [1.29, 1.82) is 0 Å². The van der Waals surface area contributed by atoms with Crippen LogP contribution in [-0.2, 0) is 18.3 Å². The Kier molecular flexibility index (Phi) is 3.60. The monoisotopic (exact) mass is 349 g/mol. The topological polar surface area (TPSA) is 73.6 Å². The van der Waals surface area contributed by atoms with Gasteiger partial charge in [-0.25, -0.2) is 0 Å². The normalized spacial score (nSPS) is 18.8. The van der Waals surface area contributed by atoms with Crippen LogP contribution in [0.4, 0.5) is 5.69 Å². The Bertz CT molecular complexity index is 1000. The molecule has 1 unspecified atom stereocenters. The molecule has 0 bridgehead atoms. The average Bonchev–Trinajstić information content (AvgIpc) is 3.37. The summed E-state index contributed by atoms with van der Waals surface area (Å²) in [6.45, 7) is 2.05. The van der Waals surface area contributed by atoms with Crippen molar-refractivity contribution in [1.82, 2.24) is 14.8 Å². The van der Waals surface area contributed by atoms with E-state index in [1.807, 2.05) is 29.9 Å². The summed E-state index contributed by atoms with van der Waals surface area (Å²) in [6, 6.07) is 10.1. The van der Waals surface area contributed by atoms with Crippen molar-refractivity contribution in [2.75, 3.05) is 18.5 Å². The third kappa shape index (κ3) is 2.61. The number of ether oxygens (including phenoxy) is 2. The molecule has 2 aliphatic rings. The fourth-order valence-electron chi connectivity index (χ4n) is 3.41. The third-order valence-corrected chi connectivity index (χ3v) is 4.77. The molecule has 0 radical (unpaired) electrons. The van der Waals surface area contributed by atoms with Crippen molar-refractivity contribution < 1.29 is 9.47 Å². The van der Waals surface area contributed by atoms with Gasteiger partial charge >= 0.3 is 0 Å². The van der Waals surface area contributed by atoms with Gasteiger partial charge in [0.05, 0.1) is 30.7 Å². The first-order valence-electron chi connectivity index (χ1n) is 8.75. The lowest BCUT2D eigenvalue weighted by Gasteiger charge is -2.09. The van der Waals surface area contributed by atoms with Gasteiger partial charge in [0.2, 0.25) is 5.88 Å². The van der Waals surface area contributed by atoms with Gasteiger partial charge in [-0.3, -0.25) is 14.7 Å². The Labute approximate surface area is 150 Å². The maximum absolute atomic E-state index is 6.02. The summed E-state index contributed by atoms with van der Waals surface area (Å²) in [4.78, 5) is 8.99. The molecular formula is C19H19N5O2. The van der Waals surface area contributed by atoms with Crippen molar-refractivity contribution >= 4 is 22.4 Å². The van der Waals surface area contributed by atoms with Crippen LogP contribution in [-0.4, -0.2) is 39.9 Å². The van der Waals surface area contributed by atoms with E-state index in [-0.39, 0.29) is 6.10 Å². The molecule has 1 fully saturated rings. The quantitative estimate of drug-likeness (QED) is 0.786. The van der Waals surface area contributed by atoms with Crippen LogP contribution in [0.1, 0.15) is 17.7 Å². The van der Waals surface area contributed by atoms with E-state index in [0.29, 0.717) is 19.0 Å². The summed E-state index contributed by atoms with van der Waals surface area (Å²) < 4.78 is 13.2. The number of hydrogen-bond donors (Lipinski definition) is 1. The zero-order valence-corrected chi connectivity index (χ0v) is 14.5. The molecule has 0 saturated carbocycles. The first kappa shape index (κ1) is 15.3. The zero-order chi connectivity index (χ0) is 17.5. The summed E-state index contributed by atoms with van der Waals surface area (Å²) in [5.41, 5.74) is 4.02. The van der Waals surface area contributed by atoms with Gasteiger partial charge in [0, 0.05) is 30.9 Å². The fourth-order valence-corrected chi connectivity index (χ4v) is 3.41. The van der Waals surface area contributed by atoms with Crippen LogP contribution in [0.2, 0.25) is 0 Å². The Hall–Kier alpha value is -2.93. The predicted molar refractivity (Wildman–Crippen MR) is 98.7 cm³/mol. The van der Waals surface area contributed by atoms with Gasteiger partial charge in [0.25, 0.3) is 0 Å². The van der Waals surface area contributed by atoms with E-state index in [1.54, 1.807) is 6.20 Å². The lowest BCUT2D eigenvalue weighted by molar-refractivity contribution is 0.138. The molecule has 1 aromatic carbocycles. The maximum atomic E-state index is 6.02. The molecule has 132 valence electrons. The SMILES string of the molecule is Cn1nc(OC2CCOC2)c2ccc(NC3=NCc4cccnc43)cc21. The Morgan fingerprint density at radius 2 is 2.27 bits per heavy atom. The highest BCUT2D eigenvalue weighted by atomic mass is 16.5. The second kappa shape index (κ2) is 6.10. The third-order valence-electron chi connectivity index (χ3n) is 4.77. The predicted octanol–water partition coefficient (Wildman–Crippen LogP) is 2.51. The van der Waals surface area contributed by atoms with Crippen LogP contribution in [0.25, 0.3) is 10.9 Å².